The number of aryl methyl sites for hydroxylation is 1. The summed E-state index contributed by atoms with van der Waals surface area (Å²) in [5.74, 6) is -0.425. The summed E-state index contributed by atoms with van der Waals surface area (Å²) in [6.45, 7) is 3.18. The van der Waals surface area contributed by atoms with Crippen LogP contribution in [0.3, 0.4) is 0 Å². The largest absolute Gasteiger partial charge is 0.496 e. The number of fused-ring (bicyclic) bond motifs is 1. The number of carbonyl (C=O) groups is 1. The van der Waals surface area contributed by atoms with Crippen LogP contribution in [0.1, 0.15) is 52.4 Å². The maximum atomic E-state index is 13.9. The molecular weight excluding hydrogens is 445 g/mol. The summed E-state index contributed by atoms with van der Waals surface area (Å²) in [7, 11) is 1.64. The first-order chi connectivity index (χ1) is 16.3. The predicted octanol–water partition coefficient (Wildman–Crippen LogP) is 6.13. The van der Waals surface area contributed by atoms with Crippen molar-refractivity contribution in [3.63, 3.8) is 0 Å². The van der Waals surface area contributed by atoms with Crippen molar-refractivity contribution in [3.05, 3.63) is 64.8 Å². The minimum Gasteiger partial charge on any atom is -0.496 e. The normalized spacial score (nSPS) is 20.1. The summed E-state index contributed by atoms with van der Waals surface area (Å²) in [4.78, 5) is 16.8. The van der Waals surface area contributed by atoms with Gasteiger partial charge in [0, 0.05) is 35.2 Å². The van der Waals surface area contributed by atoms with E-state index in [1.165, 1.54) is 0 Å². The highest BCUT2D eigenvalue weighted by Gasteiger charge is 2.34. The number of carboxylic acid groups (broad SMARTS) is 1. The average molecular weight is 475 g/mol. The van der Waals surface area contributed by atoms with Crippen molar-refractivity contribution in [1.82, 2.24) is 9.88 Å². The molecular formula is C26H29F3N2O3. The van der Waals surface area contributed by atoms with Gasteiger partial charge in [0.25, 0.3) is 6.43 Å². The Morgan fingerprint density at radius 2 is 1.97 bits per heavy atom. The van der Waals surface area contributed by atoms with E-state index in [-0.39, 0.29) is 23.9 Å². The molecule has 2 heterocycles. The van der Waals surface area contributed by atoms with E-state index in [0.717, 1.165) is 33.3 Å². The van der Waals surface area contributed by atoms with Crippen molar-refractivity contribution in [2.45, 2.75) is 51.4 Å². The Kier molecular flexibility index (Phi) is 7.16. The number of alkyl halides is 3. The van der Waals surface area contributed by atoms with E-state index in [9.17, 15) is 23.1 Å². The summed E-state index contributed by atoms with van der Waals surface area (Å²) in [6.07, 6.45) is -2.27. The van der Waals surface area contributed by atoms with Gasteiger partial charge in [-0.2, -0.15) is 0 Å². The molecule has 2 N–H and O–H groups in total. The third kappa shape index (κ3) is 4.92. The highest BCUT2D eigenvalue weighted by atomic mass is 19.3. The second-order valence-corrected chi connectivity index (χ2v) is 9.03. The van der Waals surface area contributed by atoms with Crippen molar-refractivity contribution in [1.29, 1.82) is 0 Å². The Balaban J connectivity index is 1.66. The zero-order valence-electron chi connectivity index (χ0n) is 19.2. The van der Waals surface area contributed by atoms with Gasteiger partial charge in [0.1, 0.15) is 5.75 Å². The quantitative estimate of drug-likeness (QED) is 0.412. The second kappa shape index (κ2) is 10.1. The van der Waals surface area contributed by atoms with Crippen LogP contribution in [0.2, 0.25) is 0 Å². The maximum absolute atomic E-state index is 13.9. The highest BCUT2D eigenvalue weighted by molar-refractivity contribution is 5.88. The lowest BCUT2D eigenvalue weighted by molar-refractivity contribution is 0.0195. The number of methoxy groups -OCH3 is 1. The lowest BCUT2D eigenvalue weighted by Crippen LogP contribution is -2.37. The Morgan fingerprint density at radius 3 is 2.62 bits per heavy atom. The minimum absolute atomic E-state index is 0.161. The Hall–Kier alpha value is -3.00. The van der Waals surface area contributed by atoms with E-state index >= 15 is 0 Å². The van der Waals surface area contributed by atoms with Gasteiger partial charge in [-0.25, -0.2) is 18.0 Å². The van der Waals surface area contributed by atoms with Gasteiger partial charge in [-0.1, -0.05) is 12.1 Å². The third-order valence-corrected chi connectivity index (χ3v) is 6.89. The lowest BCUT2D eigenvalue weighted by atomic mass is 9.83. The molecule has 0 spiro atoms. The number of ether oxygens (including phenoxy) is 1. The molecule has 182 valence electrons. The van der Waals surface area contributed by atoms with Crippen LogP contribution in [-0.4, -0.2) is 47.2 Å². The number of benzene rings is 2. The summed E-state index contributed by atoms with van der Waals surface area (Å²) >= 11 is 0. The van der Waals surface area contributed by atoms with Crippen LogP contribution in [0.4, 0.5) is 13.2 Å². The topological polar surface area (TPSA) is 65.6 Å². The fraction of sp³-hybridized carbons (Fsp3) is 0.423. The van der Waals surface area contributed by atoms with E-state index in [1.54, 1.807) is 31.4 Å². The molecule has 1 aromatic heterocycles. The van der Waals surface area contributed by atoms with E-state index in [2.05, 4.69) is 9.88 Å². The van der Waals surface area contributed by atoms with Gasteiger partial charge in [-0.15, -0.1) is 0 Å². The number of aromatic carboxylic acids is 1. The number of carboxylic acids is 1. The van der Waals surface area contributed by atoms with E-state index < -0.39 is 18.6 Å². The number of aromatic amines is 1. The molecule has 5 nitrogen and oxygen atoms in total. The molecule has 1 saturated heterocycles. The number of piperidine rings is 1. The highest BCUT2D eigenvalue weighted by Crippen LogP contribution is 2.40. The molecule has 1 aliphatic heterocycles. The van der Waals surface area contributed by atoms with Gasteiger partial charge < -0.3 is 14.8 Å². The first kappa shape index (κ1) is 24.1. The van der Waals surface area contributed by atoms with Gasteiger partial charge in [0.2, 0.25) is 0 Å². The summed E-state index contributed by atoms with van der Waals surface area (Å²) in [5.41, 5.74) is 4.19. The number of halogens is 3. The SMILES string of the molecule is COc1cc(C)c2[nH]ccc2c1CN1CCC(CC(F)C(F)F)CC1c1ccc(C(=O)O)cc1. The van der Waals surface area contributed by atoms with Gasteiger partial charge in [-0.05, 0) is 74.0 Å². The number of aromatic nitrogens is 1. The van der Waals surface area contributed by atoms with Crippen molar-refractivity contribution < 1.29 is 27.8 Å². The van der Waals surface area contributed by atoms with Crippen LogP contribution in [0.5, 0.6) is 5.75 Å². The van der Waals surface area contributed by atoms with E-state index in [0.29, 0.717) is 25.9 Å². The Bertz CT molecular complexity index is 1150. The summed E-state index contributed by atoms with van der Waals surface area (Å²) < 4.78 is 45.3. The number of rotatable bonds is 8. The molecule has 0 aliphatic carbocycles. The number of H-pyrrole nitrogens is 1. The minimum atomic E-state index is -2.98. The van der Waals surface area contributed by atoms with Crippen molar-refractivity contribution in [2.75, 3.05) is 13.7 Å². The molecule has 3 aromatic rings. The molecule has 34 heavy (non-hydrogen) atoms. The van der Waals surface area contributed by atoms with Gasteiger partial charge in [0.15, 0.2) is 6.17 Å². The summed E-state index contributed by atoms with van der Waals surface area (Å²) in [6, 6.07) is 10.5. The second-order valence-electron chi connectivity index (χ2n) is 9.03. The van der Waals surface area contributed by atoms with Crippen LogP contribution in [0.15, 0.2) is 42.6 Å². The molecule has 4 rings (SSSR count). The number of likely N-dealkylation sites (tertiary alicyclic amines) is 1. The van der Waals surface area contributed by atoms with E-state index in [1.807, 2.05) is 25.3 Å². The van der Waals surface area contributed by atoms with Crippen molar-refractivity contribution in [2.24, 2.45) is 5.92 Å². The Morgan fingerprint density at radius 1 is 1.24 bits per heavy atom. The number of hydrogen-bond acceptors (Lipinski definition) is 3. The number of hydrogen-bond donors (Lipinski definition) is 2. The van der Waals surface area contributed by atoms with Gasteiger partial charge >= 0.3 is 5.97 Å². The van der Waals surface area contributed by atoms with Gasteiger partial charge in [0.05, 0.1) is 12.7 Å². The molecule has 0 bridgehead atoms. The maximum Gasteiger partial charge on any atom is 0.335 e. The Labute approximate surface area is 196 Å². The molecule has 8 heteroatoms. The van der Waals surface area contributed by atoms with Crippen LogP contribution in [0, 0.1) is 12.8 Å². The zero-order chi connectivity index (χ0) is 24.4. The third-order valence-electron chi connectivity index (χ3n) is 6.89. The van der Waals surface area contributed by atoms with Crippen LogP contribution >= 0.6 is 0 Å². The zero-order valence-corrected chi connectivity index (χ0v) is 19.2. The van der Waals surface area contributed by atoms with Crippen LogP contribution in [0.25, 0.3) is 10.9 Å². The summed E-state index contributed by atoms with van der Waals surface area (Å²) in [5, 5.41) is 10.3. The smallest absolute Gasteiger partial charge is 0.335 e. The lowest BCUT2D eigenvalue weighted by Gasteiger charge is -2.40. The van der Waals surface area contributed by atoms with Crippen LogP contribution < -0.4 is 4.74 Å². The van der Waals surface area contributed by atoms with Crippen LogP contribution in [-0.2, 0) is 6.54 Å². The molecule has 3 atom stereocenters. The van der Waals surface area contributed by atoms with Crippen molar-refractivity contribution in [3.8, 4) is 5.75 Å². The predicted molar refractivity (Wildman–Crippen MR) is 124 cm³/mol. The number of nitrogens with one attached hydrogen (secondary N) is 1. The molecule has 3 unspecified atom stereocenters. The standard InChI is InChI=1S/C26H29F3N2O3/c1-15-11-23(34-2)20(19-7-9-30-24(15)19)14-31-10-8-16(12-21(27)25(28)29)13-22(31)17-3-5-18(6-4-17)26(32)33/h3-7,9,11,16,21-22,25,30H,8,10,12-14H2,1-2H3,(H,32,33). The molecule has 0 saturated carbocycles. The van der Waals surface area contributed by atoms with E-state index in [4.69, 9.17) is 4.74 Å². The monoisotopic (exact) mass is 474 g/mol. The van der Waals surface area contributed by atoms with Gasteiger partial charge in [-0.3, -0.25) is 4.90 Å². The fourth-order valence-corrected chi connectivity index (χ4v) is 5.09. The molecule has 2 aromatic carbocycles. The average Bonchev–Trinajstić information content (AvgIpc) is 3.32. The number of nitrogens with zero attached hydrogens (tertiary/aromatic N) is 1. The first-order valence-electron chi connectivity index (χ1n) is 11.4. The first-order valence-corrected chi connectivity index (χ1v) is 11.4. The van der Waals surface area contributed by atoms with Crippen molar-refractivity contribution >= 4 is 16.9 Å². The molecule has 0 amide bonds. The fourth-order valence-electron chi connectivity index (χ4n) is 5.09. The molecule has 0 radical (unpaired) electrons. The molecule has 1 fully saturated rings. The molecule has 1 aliphatic rings.